The van der Waals surface area contributed by atoms with Crippen LogP contribution in [0.2, 0.25) is 5.02 Å². The third kappa shape index (κ3) is 4.86. The third-order valence-corrected chi connectivity index (χ3v) is 4.44. The molecule has 6 heteroatoms. The van der Waals surface area contributed by atoms with Gasteiger partial charge in [0.1, 0.15) is 0 Å². The zero-order valence-electron chi connectivity index (χ0n) is 12.1. The van der Waals surface area contributed by atoms with Gasteiger partial charge in [0.25, 0.3) is 0 Å². The lowest BCUT2D eigenvalue weighted by Crippen LogP contribution is -2.32. The van der Waals surface area contributed by atoms with Crippen molar-refractivity contribution < 1.29 is 9.59 Å². The zero-order valence-corrected chi connectivity index (χ0v) is 13.7. The molecule has 0 aliphatic rings. The van der Waals surface area contributed by atoms with Gasteiger partial charge in [-0.25, -0.2) is 0 Å². The van der Waals surface area contributed by atoms with E-state index < -0.39 is 0 Å². The van der Waals surface area contributed by atoms with E-state index in [1.165, 1.54) is 18.3 Å². The maximum Gasteiger partial charge on any atom is 0.222 e. The smallest absolute Gasteiger partial charge is 0.222 e. The summed E-state index contributed by atoms with van der Waals surface area (Å²) in [7, 11) is 0. The molecular weight excluding hydrogens is 320 g/mol. The fraction of sp³-hybridized carbons (Fsp3) is 0.250. The Balaban J connectivity index is 1.94. The Morgan fingerprint density at radius 3 is 2.64 bits per heavy atom. The summed E-state index contributed by atoms with van der Waals surface area (Å²) in [5, 5.41) is 8.19. The Labute approximate surface area is 138 Å². The lowest BCUT2D eigenvalue weighted by Gasteiger charge is -2.16. The van der Waals surface area contributed by atoms with Crippen LogP contribution in [0.3, 0.4) is 0 Å². The predicted octanol–water partition coefficient (Wildman–Crippen LogP) is 3.29. The van der Waals surface area contributed by atoms with Crippen molar-refractivity contribution in [3.05, 3.63) is 57.2 Å². The van der Waals surface area contributed by atoms with Crippen molar-refractivity contribution in [3.8, 4) is 0 Å². The van der Waals surface area contributed by atoms with Crippen LogP contribution in [-0.2, 0) is 16.1 Å². The molecule has 0 spiro atoms. The first-order chi connectivity index (χ1) is 10.6. The minimum absolute atomic E-state index is 0.132. The van der Waals surface area contributed by atoms with E-state index in [9.17, 15) is 9.59 Å². The first kappa shape index (κ1) is 16.5. The van der Waals surface area contributed by atoms with Gasteiger partial charge in [-0.3, -0.25) is 9.59 Å². The highest BCUT2D eigenvalue weighted by Crippen LogP contribution is 2.22. The molecule has 0 fully saturated rings. The highest BCUT2D eigenvalue weighted by atomic mass is 35.5. The standard InChI is InChI=1S/C16H17ClN2O2S/c1-11(20)19-14(15-7-4-8-22-15)9-16(21)18-10-12-5-2-3-6-13(12)17/h2-8,14H,9-10H2,1H3,(H,18,21)(H,19,20). The van der Waals surface area contributed by atoms with E-state index in [2.05, 4.69) is 10.6 Å². The molecule has 0 bridgehead atoms. The van der Waals surface area contributed by atoms with E-state index in [0.29, 0.717) is 11.6 Å². The Bertz CT molecular complexity index is 643. The minimum atomic E-state index is -0.302. The lowest BCUT2D eigenvalue weighted by atomic mass is 10.1. The van der Waals surface area contributed by atoms with Gasteiger partial charge in [0, 0.05) is 23.4 Å². The maximum atomic E-state index is 12.1. The Hall–Kier alpha value is -1.85. The van der Waals surface area contributed by atoms with Crippen molar-refractivity contribution in [1.82, 2.24) is 10.6 Å². The van der Waals surface area contributed by atoms with Crippen LogP contribution in [0.4, 0.5) is 0 Å². The molecule has 2 N–H and O–H groups in total. The summed E-state index contributed by atoms with van der Waals surface area (Å²) in [6, 6.07) is 10.9. The van der Waals surface area contributed by atoms with Gasteiger partial charge in [-0.05, 0) is 23.1 Å². The Morgan fingerprint density at radius 1 is 1.23 bits per heavy atom. The van der Waals surface area contributed by atoms with Crippen molar-refractivity contribution in [2.45, 2.75) is 25.9 Å². The van der Waals surface area contributed by atoms with Gasteiger partial charge in [0.15, 0.2) is 0 Å². The first-order valence-corrected chi connectivity index (χ1v) is 8.12. The van der Waals surface area contributed by atoms with Gasteiger partial charge < -0.3 is 10.6 Å². The van der Waals surface area contributed by atoms with Gasteiger partial charge in [-0.15, -0.1) is 11.3 Å². The van der Waals surface area contributed by atoms with Crippen molar-refractivity contribution in [2.75, 3.05) is 0 Å². The van der Waals surface area contributed by atoms with Crippen molar-refractivity contribution in [1.29, 1.82) is 0 Å². The number of carbonyl (C=O) groups is 2. The average molecular weight is 337 g/mol. The molecule has 2 aromatic rings. The van der Waals surface area contributed by atoms with E-state index in [1.54, 1.807) is 6.07 Å². The van der Waals surface area contributed by atoms with Gasteiger partial charge >= 0.3 is 0 Å². The number of hydrogen-bond acceptors (Lipinski definition) is 3. The molecular formula is C16H17ClN2O2S. The Morgan fingerprint density at radius 2 is 2.00 bits per heavy atom. The molecule has 2 rings (SSSR count). The normalized spacial score (nSPS) is 11.7. The van der Waals surface area contributed by atoms with Crippen molar-refractivity contribution >= 4 is 34.8 Å². The summed E-state index contributed by atoms with van der Waals surface area (Å²) in [5.74, 6) is -0.288. The summed E-state index contributed by atoms with van der Waals surface area (Å²) in [4.78, 5) is 24.4. The second-order valence-corrected chi connectivity index (χ2v) is 6.23. The second kappa shape index (κ2) is 7.96. The lowest BCUT2D eigenvalue weighted by molar-refractivity contribution is -0.122. The van der Waals surface area contributed by atoms with Crippen LogP contribution < -0.4 is 10.6 Å². The average Bonchev–Trinajstić information content (AvgIpc) is 2.99. The third-order valence-electron chi connectivity index (χ3n) is 3.09. The number of nitrogens with one attached hydrogen (secondary N) is 2. The summed E-state index contributed by atoms with van der Waals surface area (Å²) in [6.45, 7) is 1.82. The van der Waals surface area contributed by atoms with Gasteiger partial charge in [0.05, 0.1) is 12.5 Å². The number of benzene rings is 1. The number of carbonyl (C=O) groups excluding carboxylic acids is 2. The summed E-state index contributed by atoms with van der Waals surface area (Å²) >= 11 is 7.57. The molecule has 0 radical (unpaired) electrons. The van der Waals surface area contributed by atoms with E-state index in [0.717, 1.165) is 10.4 Å². The largest absolute Gasteiger partial charge is 0.352 e. The highest BCUT2D eigenvalue weighted by Gasteiger charge is 2.18. The molecule has 2 amide bonds. The summed E-state index contributed by atoms with van der Waals surface area (Å²) in [6.07, 6.45) is 0.199. The molecule has 116 valence electrons. The predicted molar refractivity (Wildman–Crippen MR) is 88.8 cm³/mol. The number of thiophene rings is 1. The maximum absolute atomic E-state index is 12.1. The zero-order chi connectivity index (χ0) is 15.9. The quantitative estimate of drug-likeness (QED) is 0.850. The fourth-order valence-electron chi connectivity index (χ4n) is 2.05. The van der Waals surface area contributed by atoms with Crippen LogP contribution in [-0.4, -0.2) is 11.8 Å². The van der Waals surface area contributed by atoms with Crippen molar-refractivity contribution in [2.24, 2.45) is 0 Å². The molecule has 1 atom stereocenters. The van der Waals surface area contributed by atoms with E-state index in [4.69, 9.17) is 11.6 Å². The molecule has 0 aliphatic heterocycles. The number of halogens is 1. The molecule has 1 unspecified atom stereocenters. The summed E-state index contributed by atoms with van der Waals surface area (Å²) in [5.41, 5.74) is 0.865. The first-order valence-electron chi connectivity index (χ1n) is 6.87. The molecule has 0 saturated heterocycles. The van der Waals surface area contributed by atoms with E-state index >= 15 is 0 Å². The molecule has 0 saturated carbocycles. The van der Waals surface area contributed by atoms with Crippen LogP contribution in [0, 0.1) is 0 Å². The van der Waals surface area contributed by atoms with Gasteiger partial charge in [0.2, 0.25) is 11.8 Å². The topological polar surface area (TPSA) is 58.2 Å². The number of amides is 2. The summed E-state index contributed by atoms with van der Waals surface area (Å²) < 4.78 is 0. The van der Waals surface area contributed by atoms with Crippen molar-refractivity contribution in [3.63, 3.8) is 0 Å². The fourth-order valence-corrected chi connectivity index (χ4v) is 3.03. The Kier molecular flexibility index (Phi) is 5.98. The van der Waals surface area contributed by atoms with Crippen LogP contribution >= 0.6 is 22.9 Å². The van der Waals surface area contributed by atoms with Gasteiger partial charge in [-0.2, -0.15) is 0 Å². The molecule has 0 aliphatic carbocycles. The monoisotopic (exact) mass is 336 g/mol. The van der Waals surface area contributed by atoms with Gasteiger partial charge in [-0.1, -0.05) is 35.9 Å². The van der Waals surface area contributed by atoms with Crippen LogP contribution in [0.15, 0.2) is 41.8 Å². The van der Waals surface area contributed by atoms with Crippen LogP contribution in [0.1, 0.15) is 29.8 Å². The van der Waals surface area contributed by atoms with E-state index in [1.807, 2.05) is 35.7 Å². The number of rotatable bonds is 6. The van der Waals surface area contributed by atoms with E-state index in [-0.39, 0.29) is 24.3 Å². The highest BCUT2D eigenvalue weighted by molar-refractivity contribution is 7.10. The molecule has 22 heavy (non-hydrogen) atoms. The van der Waals surface area contributed by atoms with Crippen LogP contribution in [0.5, 0.6) is 0 Å². The van der Waals surface area contributed by atoms with Crippen LogP contribution in [0.25, 0.3) is 0 Å². The second-order valence-electron chi connectivity index (χ2n) is 4.84. The number of hydrogen-bond donors (Lipinski definition) is 2. The molecule has 1 aromatic heterocycles. The SMILES string of the molecule is CC(=O)NC(CC(=O)NCc1ccccc1Cl)c1cccs1. The molecule has 1 aromatic carbocycles. The minimum Gasteiger partial charge on any atom is -0.352 e. The molecule has 1 heterocycles. The molecule has 4 nitrogen and oxygen atoms in total.